The van der Waals surface area contributed by atoms with Crippen molar-refractivity contribution in [3.05, 3.63) is 62.7 Å². The topological polar surface area (TPSA) is 87.2 Å². The summed E-state index contributed by atoms with van der Waals surface area (Å²) in [4.78, 5) is 23.7. The quantitative estimate of drug-likeness (QED) is 0.570. The number of nitrogens with zero attached hydrogens (tertiary/aromatic N) is 2. The number of thiophene rings is 1. The molecule has 2 N–H and O–H groups in total. The lowest BCUT2D eigenvalue weighted by atomic mass is 10.1. The largest absolute Gasteiger partial charge is 0.292 e. The zero-order valence-electron chi connectivity index (χ0n) is 10.7. The molecule has 0 saturated heterocycles. The Kier molecular flexibility index (Phi) is 3.57. The first-order chi connectivity index (χ1) is 10.3. The number of amides is 1. The van der Waals surface area contributed by atoms with Crippen LogP contribution in [0, 0.1) is 0 Å². The summed E-state index contributed by atoms with van der Waals surface area (Å²) in [5.41, 5.74) is 3.10. The van der Waals surface area contributed by atoms with E-state index in [-0.39, 0.29) is 11.3 Å². The van der Waals surface area contributed by atoms with Crippen molar-refractivity contribution in [2.75, 3.05) is 0 Å². The molecule has 2 heterocycles. The van der Waals surface area contributed by atoms with Gasteiger partial charge >= 0.3 is 0 Å². The number of aromatic amines is 1. The molecule has 0 aliphatic heterocycles. The van der Waals surface area contributed by atoms with Gasteiger partial charge in [0.05, 0.1) is 11.6 Å². The van der Waals surface area contributed by atoms with E-state index < -0.39 is 5.91 Å². The predicted octanol–water partition coefficient (Wildman–Crippen LogP) is 1.75. The van der Waals surface area contributed by atoms with Crippen LogP contribution in [0.5, 0.6) is 0 Å². The van der Waals surface area contributed by atoms with E-state index in [2.05, 4.69) is 20.7 Å². The van der Waals surface area contributed by atoms with Gasteiger partial charge in [0, 0.05) is 10.9 Å². The average molecular weight is 298 g/mol. The van der Waals surface area contributed by atoms with Crippen LogP contribution < -0.4 is 11.0 Å². The van der Waals surface area contributed by atoms with Crippen LogP contribution in [-0.4, -0.2) is 22.3 Å². The normalized spacial score (nSPS) is 11.0. The lowest BCUT2D eigenvalue weighted by Crippen LogP contribution is -2.22. The first kappa shape index (κ1) is 13.2. The monoisotopic (exact) mass is 298 g/mol. The summed E-state index contributed by atoms with van der Waals surface area (Å²) in [6.45, 7) is 0. The van der Waals surface area contributed by atoms with Crippen molar-refractivity contribution in [3.63, 3.8) is 0 Å². The van der Waals surface area contributed by atoms with Crippen LogP contribution in [0.2, 0.25) is 0 Å². The molecule has 21 heavy (non-hydrogen) atoms. The lowest BCUT2D eigenvalue weighted by molar-refractivity contribution is 0.0951. The Hall–Kier alpha value is -2.80. The van der Waals surface area contributed by atoms with E-state index in [0.717, 1.165) is 5.56 Å². The second kappa shape index (κ2) is 5.68. The van der Waals surface area contributed by atoms with Gasteiger partial charge in [0.1, 0.15) is 0 Å². The minimum atomic E-state index is -0.478. The Morgan fingerprint density at radius 2 is 2.10 bits per heavy atom. The van der Waals surface area contributed by atoms with Crippen LogP contribution >= 0.6 is 11.3 Å². The van der Waals surface area contributed by atoms with E-state index in [1.165, 1.54) is 0 Å². The Morgan fingerprint density at radius 1 is 1.29 bits per heavy atom. The summed E-state index contributed by atoms with van der Waals surface area (Å²) >= 11 is 1.54. The van der Waals surface area contributed by atoms with Crippen molar-refractivity contribution >= 4 is 34.2 Å². The Labute approximate surface area is 123 Å². The molecule has 7 heteroatoms. The van der Waals surface area contributed by atoms with E-state index in [1.807, 2.05) is 16.8 Å². The maximum atomic E-state index is 12.1. The minimum absolute atomic E-state index is 0.132. The summed E-state index contributed by atoms with van der Waals surface area (Å²) in [5.74, 6) is -0.478. The standard InChI is InChI=1S/C14H10N4O2S/c19-13-11-4-2-1-3-10(11)12(16-18-13)14(20)17-15-7-9-5-6-21-8-9/h1-8H,(H,17,20)(H,18,19)/b15-7+. The fraction of sp³-hybridized carbons (Fsp3) is 0. The molecule has 6 nitrogen and oxygen atoms in total. The van der Waals surface area contributed by atoms with Gasteiger partial charge in [0.25, 0.3) is 11.5 Å². The van der Waals surface area contributed by atoms with Crippen LogP contribution in [0.15, 0.2) is 51.0 Å². The SMILES string of the molecule is O=C(N/N=C/c1ccsc1)c1n[nH]c(=O)c2ccccc12. The molecular formula is C14H10N4O2S. The summed E-state index contributed by atoms with van der Waals surface area (Å²) in [6, 6.07) is 8.67. The maximum Gasteiger partial charge on any atom is 0.292 e. The van der Waals surface area contributed by atoms with Crippen molar-refractivity contribution < 1.29 is 4.79 Å². The van der Waals surface area contributed by atoms with Crippen molar-refractivity contribution in [2.45, 2.75) is 0 Å². The van der Waals surface area contributed by atoms with E-state index >= 15 is 0 Å². The van der Waals surface area contributed by atoms with Gasteiger partial charge in [-0.15, -0.1) is 0 Å². The predicted molar refractivity (Wildman–Crippen MR) is 81.7 cm³/mol. The molecule has 3 aromatic rings. The van der Waals surface area contributed by atoms with Crippen molar-refractivity contribution in [3.8, 4) is 0 Å². The van der Waals surface area contributed by atoms with Crippen LogP contribution in [0.1, 0.15) is 16.1 Å². The Morgan fingerprint density at radius 3 is 2.86 bits per heavy atom. The second-order valence-electron chi connectivity index (χ2n) is 4.20. The van der Waals surface area contributed by atoms with Gasteiger partial charge in [-0.1, -0.05) is 18.2 Å². The van der Waals surface area contributed by atoms with Crippen LogP contribution in [0.25, 0.3) is 10.8 Å². The molecule has 0 radical (unpaired) electrons. The van der Waals surface area contributed by atoms with Gasteiger partial charge < -0.3 is 0 Å². The molecule has 0 fully saturated rings. The molecule has 1 aromatic carbocycles. The molecule has 0 unspecified atom stereocenters. The van der Waals surface area contributed by atoms with E-state index in [9.17, 15) is 9.59 Å². The number of rotatable bonds is 3. The summed E-state index contributed by atoms with van der Waals surface area (Å²) < 4.78 is 0. The molecule has 104 valence electrons. The second-order valence-corrected chi connectivity index (χ2v) is 4.98. The van der Waals surface area contributed by atoms with Crippen molar-refractivity contribution in [1.82, 2.24) is 15.6 Å². The summed E-state index contributed by atoms with van der Waals surface area (Å²) in [6.07, 6.45) is 1.54. The zero-order chi connectivity index (χ0) is 14.7. The van der Waals surface area contributed by atoms with E-state index in [0.29, 0.717) is 10.8 Å². The smallest absolute Gasteiger partial charge is 0.267 e. The molecule has 1 amide bonds. The number of carbonyl (C=O) groups is 1. The molecule has 0 spiro atoms. The highest BCUT2D eigenvalue weighted by molar-refractivity contribution is 7.08. The number of fused-ring (bicyclic) bond motifs is 1. The minimum Gasteiger partial charge on any atom is -0.267 e. The van der Waals surface area contributed by atoms with Crippen molar-refractivity contribution in [2.24, 2.45) is 5.10 Å². The molecule has 0 aliphatic carbocycles. The number of H-pyrrole nitrogens is 1. The molecule has 0 saturated carbocycles. The molecule has 3 rings (SSSR count). The van der Waals surface area contributed by atoms with Gasteiger partial charge in [0.15, 0.2) is 5.69 Å². The first-order valence-corrected chi connectivity index (χ1v) is 7.03. The number of carbonyl (C=O) groups excluding carboxylic acids is 1. The fourth-order valence-corrected chi connectivity index (χ4v) is 2.47. The highest BCUT2D eigenvalue weighted by Gasteiger charge is 2.12. The van der Waals surface area contributed by atoms with E-state index in [4.69, 9.17) is 0 Å². The third kappa shape index (κ3) is 2.72. The Balaban J connectivity index is 1.88. The summed E-state index contributed by atoms with van der Waals surface area (Å²) in [7, 11) is 0. The van der Waals surface area contributed by atoms with Gasteiger partial charge in [0.2, 0.25) is 0 Å². The lowest BCUT2D eigenvalue weighted by Gasteiger charge is -2.02. The zero-order valence-corrected chi connectivity index (χ0v) is 11.6. The molecule has 0 bridgehead atoms. The number of aromatic nitrogens is 2. The van der Waals surface area contributed by atoms with Gasteiger partial charge in [-0.05, 0) is 22.9 Å². The Bertz CT molecular complexity index is 868. The van der Waals surface area contributed by atoms with Crippen LogP contribution in [0.4, 0.5) is 0 Å². The number of hydrogen-bond acceptors (Lipinski definition) is 5. The molecule has 0 aliphatic rings. The molecule has 0 atom stereocenters. The van der Waals surface area contributed by atoms with Gasteiger partial charge in [-0.3, -0.25) is 9.59 Å². The number of benzene rings is 1. The third-order valence-corrected chi connectivity index (χ3v) is 3.54. The molecular weight excluding hydrogens is 288 g/mol. The first-order valence-electron chi connectivity index (χ1n) is 6.09. The van der Waals surface area contributed by atoms with Gasteiger partial charge in [-0.25, -0.2) is 10.5 Å². The maximum absolute atomic E-state index is 12.1. The number of hydrazone groups is 1. The van der Waals surface area contributed by atoms with Crippen LogP contribution in [-0.2, 0) is 0 Å². The number of nitrogens with one attached hydrogen (secondary N) is 2. The van der Waals surface area contributed by atoms with E-state index in [1.54, 1.807) is 41.8 Å². The third-order valence-electron chi connectivity index (χ3n) is 2.83. The summed E-state index contributed by atoms with van der Waals surface area (Å²) in [5, 5.41) is 14.7. The average Bonchev–Trinajstić information content (AvgIpc) is 3.01. The van der Waals surface area contributed by atoms with Crippen molar-refractivity contribution in [1.29, 1.82) is 0 Å². The van der Waals surface area contributed by atoms with Crippen LogP contribution in [0.3, 0.4) is 0 Å². The highest BCUT2D eigenvalue weighted by atomic mass is 32.1. The molecule has 2 aromatic heterocycles. The number of hydrogen-bond donors (Lipinski definition) is 2. The van der Waals surface area contributed by atoms with Gasteiger partial charge in [-0.2, -0.15) is 21.5 Å². The fourth-order valence-electron chi connectivity index (χ4n) is 1.85. The highest BCUT2D eigenvalue weighted by Crippen LogP contribution is 2.12.